The molecule has 2 aromatic carbocycles. The lowest BCUT2D eigenvalue weighted by molar-refractivity contribution is 0.0971. The van der Waals surface area contributed by atoms with Gasteiger partial charge >= 0.3 is 0 Å². The zero-order chi connectivity index (χ0) is 24.3. The molecule has 9 heteroatoms. The molecule has 2 heterocycles. The van der Waals surface area contributed by atoms with Gasteiger partial charge < -0.3 is 24.6 Å². The van der Waals surface area contributed by atoms with Crippen LogP contribution in [0.5, 0.6) is 17.2 Å². The van der Waals surface area contributed by atoms with Crippen molar-refractivity contribution in [3.63, 3.8) is 0 Å². The van der Waals surface area contributed by atoms with Gasteiger partial charge in [-0.1, -0.05) is 12.1 Å². The van der Waals surface area contributed by atoms with Crippen molar-refractivity contribution in [2.24, 2.45) is 0 Å². The second-order valence-electron chi connectivity index (χ2n) is 9.04. The van der Waals surface area contributed by atoms with E-state index in [0.717, 1.165) is 23.9 Å². The Bertz CT molecular complexity index is 1370. The van der Waals surface area contributed by atoms with Gasteiger partial charge in [0.1, 0.15) is 17.2 Å². The lowest BCUT2D eigenvalue weighted by atomic mass is 9.75. The van der Waals surface area contributed by atoms with Crippen molar-refractivity contribution in [1.82, 2.24) is 4.98 Å². The number of rotatable bonds is 3. The Balaban J connectivity index is 1.39. The molecule has 1 aliphatic heterocycles. The van der Waals surface area contributed by atoms with Crippen molar-refractivity contribution in [3.8, 4) is 17.2 Å². The highest BCUT2D eigenvalue weighted by molar-refractivity contribution is 7.13. The first-order valence-corrected chi connectivity index (χ1v) is 12.5. The number of nitrogens with zero attached hydrogens (tertiary/aromatic N) is 2. The van der Waals surface area contributed by atoms with E-state index in [2.05, 4.69) is 4.90 Å². The SMILES string of the molecule is COc1cccc2c1C(=O)c1c(O)c3c(c(O)c1C2=O)CC(c1csc(N2CCOCC2)n1)CC3. The molecule has 1 fully saturated rings. The Kier molecular flexibility index (Phi) is 5.26. The zero-order valence-corrected chi connectivity index (χ0v) is 20.0. The fraction of sp³-hybridized carbons (Fsp3) is 0.346. The first-order chi connectivity index (χ1) is 17.0. The van der Waals surface area contributed by atoms with Gasteiger partial charge in [0.05, 0.1) is 42.7 Å². The number of anilines is 1. The Labute approximate surface area is 205 Å². The van der Waals surface area contributed by atoms with Gasteiger partial charge in [-0.3, -0.25) is 9.59 Å². The molecule has 6 rings (SSSR count). The van der Waals surface area contributed by atoms with E-state index in [0.29, 0.717) is 43.6 Å². The molecule has 180 valence electrons. The number of thiazole rings is 1. The van der Waals surface area contributed by atoms with E-state index in [4.69, 9.17) is 14.5 Å². The van der Waals surface area contributed by atoms with Crippen LogP contribution < -0.4 is 9.64 Å². The summed E-state index contributed by atoms with van der Waals surface area (Å²) in [5.41, 5.74) is 2.01. The van der Waals surface area contributed by atoms with E-state index in [1.165, 1.54) is 7.11 Å². The van der Waals surface area contributed by atoms with E-state index < -0.39 is 11.6 Å². The van der Waals surface area contributed by atoms with Crippen molar-refractivity contribution in [2.75, 3.05) is 38.3 Å². The molecule has 2 N–H and O–H groups in total. The number of hydrogen-bond acceptors (Lipinski definition) is 9. The number of ketones is 2. The van der Waals surface area contributed by atoms with Crippen LogP contribution in [0.4, 0.5) is 5.13 Å². The molecule has 3 aliphatic rings. The number of methoxy groups -OCH3 is 1. The largest absolute Gasteiger partial charge is 0.507 e. The van der Waals surface area contributed by atoms with Gasteiger partial charge in [0, 0.05) is 41.1 Å². The lowest BCUT2D eigenvalue weighted by Gasteiger charge is -2.29. The third kappa shape index (κ3) is 3.33. The summed E-state index contributed by atoms with van der Waals surface area (Å²) < 4.78 is 10.7. The van der Waals surface area contributed by atoms with Crippen LogP contribution in [0.3, 0.4) is 0 Å². The second-order valence-corrected chi connectivity index (χ2v) is 9.88. The maximum Gasteiger partial charge on any atom is 0.202 e. The Morgan fingerprint density at radius 1 is 1.06 bits per heavy atom. The van der Waals surface area contributed by atoms with Crippen molar-refractivity contribution in [3.05, 3.63) is 62.7 Å². The van der Waals surface area contributed by atoms with E-state index in [-0.39, 0.29) is 45.4 Å². The quantitative estimate of drug-likeness (QED) is 0.419. The third-order valence-electron chi connectivity index (χ3n) is 7.23. The van der Waals surface area contributed by atoms with Crippen LogP contribution in [-0.2, 0) is 17.6 Å². The fourth-order valence-corrected chi connectivity index (χ4v) is 6.38. The molecule has 2 aliphatic carbocycles. The number of carbonyl (C=O) groups is 2. The molecule has 0 radical (unpaired) electrons. The van der Waals surface area contributed by atoms with Gasteiger partial charge in [-0.05, 0) is 25.3 Å². The number of ether oxygens (including phenoxy) is 2. The fourth-order valence-electron chi connectivity index (χ4n) is 5.42. The highest BCUT2D eigenvalue weighted by Gasteiger charge is 2.40. The highest BCUT2D eigenvalue weighted by Crippen LogP contribution is 2.48. The molecule has 0 amide bonds. The minimum Gasteiger partial charge on any atom is -0.507 e. The van der Waals surface area contributed by atoms with Crippen LogP contribution in [0.1, 0.15) is 61.0 Å². The van der Waals surface area contributed by atoms with Crippen molar-refractivity contribution in [1.29, 1.82) is 0 Å². The molecular formula is C26H24N2O6S. The summed E-state index contributed by atoms with van der Waals surface area (Å²) in [5, 5.41) is 25.4. The molecule has 1 unspecified atom stereocenters. The van der Waals surface area contributed by atoms with Gasteiger partial charge in [0.25, 0.3) is 0 Å². The summed E-state index contributed by atoms with van der Waals surface area (Å²) in [7, 11) is 1.43. The molecule has 35 heavy (non-hydrogen) atoms. The summed E-state index contributed by atoms with van der Waals surface area (Å²) in [5.74, 6) is -1.13. The average molecular weight is 493 g/mol. The minimum absolute atomic E-state index is 0.0404. The zero-order valence-electron chi connectivity index (χ0n) is 19.2. The second kappa shape index (κ2) is 8.35. The number of phenolic OH excluding ortho intramolecular Hbond substituents is 2. The Morgan fingerprint density at radius 3 is 2.57 bits per heavy atom. The van der Waals surface area contributed by atoms with E-state index in [1.54, 1.807) is 29.5 Å². The first-order valence-electron chi connectivity index (χ1n) is 11.6. The third-order valence-corrected chi connectivity index (χ3v) is 8.15. The van der Waals surface area contributed by atoms with Crippen LogP contribution >= 0.6 is 11.3 Å². The number of carbonyl (C=O) groups excluding carboxylic acids is 2. The Hall–Kier alpha value is -3.43. The molecule has 0 saturated carbocycles. The van der Waals surface area contributed by atoms with Crippen LogP contribution in [0.2, 0.25) is 0 Å². The van der Waals surface area contributed by atoms with E-state index in [1.807, 2.05) is 5.38 Å². The summed E-state index contributed by atoms with van der Waals surface area (Å²) in [4.78, 5) is 33.9. The van der Waals surface area contributed by atoms with Crippen LogP contribution in [0.15, 0.2) is 23.6 Å². The van der Waals surface area contributed by atoms with Gasteiger partial charge in [-0.25, -0.2) is 4.98 Å². The molecule has 1 aromatic heterocycles. The maximum atomic E-state index is 13.4. The molecule has 3 aromatic rings. The number of aromatic nitrogens is 1. The van der Waals surface area contributed by atoms with Gasteiger partial charge in [0.15, 0.2) is 10.9 Å². The molecule has 0 bridgehead atoms. The van der Waals surface area contributed by atoms with Crippen molar-refractivity contribution < 1.29 is 29.3 Å². The van der Waals surface area contributed by atoms with Crippen LogP contribution in [-0.4, -0.2) is 60.2 Å². The van der Waals surface area contributed by atoms with Crippen LogP contribution in [0.25, 0.3) is 0 Å². The maximum absolute atomic E-state index is 13.4. The predicted molar refractivity (Wildman–Crippen MR) is 130 cm³/mol. The number of fused-ring (bicyclic) bond motifs is 3. The number of morpholine rings is 1. The summed E-state index contributed by atoms with van der Waals surface area (Å²) in [6.07, 6.45) is 1.62. The monoisotopic (exact) mass is 492 g/mol. The molecular weight excluding hydrogens is 468 g/mol. The number of phenols is 2. The number of aromatic hydroxyl groups is 2. The summed E-state index contributed by atoms with van der Waals surface area (Å²) >= 11 is 1.59. The summed E-state index contributed by atoms with van der Waals surface area (Å²) in [6, 6.07) is 4.78. The number of benzene rings is 2. The molecule has 1 saturated heterocycles. The normalized spacial score (nSPS) is 19.2. The smallest absolute Gasteiger partial charge is 0.202 e. The van der Waals surface area contributed by atoms with Gasteiger partial charge in [-0.15, -0.1) is 11.3 Å². The highest BCUT2D eigenvalue weighted by atomic mass is 32.1. The Morgan fingerprint density at radius 2 is 1.80 bits per heavy atom. The molecule has 0 spiro atoms. The van der Waals surface area contributed by atoms with Crippen molar-refractivity contribution in [2.45, 2.75) is 25.2 Å². The lowest BCUT2D eigenvalue weighted by Crippen LogP contribution is -2.36. The van der Waals surface area contributed by atoms with Crippen LogP contribution in [0, 0.1) is 0 Å². The van der Waals surface area contributed by atoms with Crippen molar-refractivity contribution >= 4 is 28.0 Å². The first kappa shape index (κ1) is 22.1. The molecule has 8 nitrogen and oxygen atoms in total. The average Bonchev–Trinajstić information content (AvgIpc) is 3.39. The van der Waals surface area contributed by atoms with E-state index >= 15 is 0 Å². The number of hydrogen-bond donors (Lipinski definition) is 2. The summed E-state index contributed by atoms with van der Waals surface area (Å²) in [6.45, 7) is 2.99. The topological polar surface area (TPSA) is 109 Å². The predicted octanol–water partition coefficient (Wildman–Crippen LogP) is 3.45. The minimum atomic E-state index is -0.514. The van der Waals surface area contributed by atoms with Gasteiger partial charge in [0.2, 0.25) is 5.78 Å². The standard InChI is InChI=1S/C26H24N2O6S/c1-33-18-4-2-3-15-19(18)25(32)21-20(23(15)30)24(31)16-11-13(5-6-14(16)22(21)29)17-12-35-26(27-17)28-7-9-34-10-8-28/h2-4,12-13,29,31H,5-11H2,1H3. The van der Waals surface area contributed by atoms with Gasteiger partial charge in [-0.2, -0.15) is 0 Å². The molecule has 1 atom stereocenters. The van der Waals surface area contributed by atoms with E-state index in [9.17, 15) is 19.8 Å².